The molecule has 0 aromatic rings. The van der Waals surface area contributed by atoms with Crippen LogP contribution < -0.4 is 5.32 Å². The van der Waals surface area contributed by atoms with Crippen molar-refractivity contribution in [3.63, 3.8) is 0 Å². The molecule has 0 bridgehead atoms. The van der Waals surface area contributed by atoms with Crippen LogP contribution in [0.25, 0.3) is 0 Å². The Morgan fingerprint density at radius 2 is 2.31 bits per heavy atom. The number of nitrogens with one attached hydrogen (secondary N) is 1. The summed E-state index contributed by atoms with van der Waals surface area (Å²) in [6.45, 7) is 11.4. The average molecular weight is 180 g/mol. The maximum absolute atomic E-state index is 11.1. The fourth-order valence-electron chi connectivity index (χ4n) is 1.25. The van der Waals surface area contributed by atoms with E-state index in [4.69, 9.17) is 0 Å². The zero-order valence-corrected chi connectivity index (χ0v) is 8.05. The maximum atomic E-state index is 11.1. The molecule has 1 aliphatic rings. The fourth-order valence-corrected chi connectivity index (χ4v) is 1.25. The Bertz CT molecular complexity index is 305. The van der Waals surface area contributed by atoms with Crippen LogP contribution in [0.15, 0.2) is 28.5 Å². The number of carbonyl (C=O) groups excluding carboxylic acids is 1. The van der Waals surface area contributed by atoms with Crippen LogP contribution in [0.4, 0.5) is 0 Å². The molecule has 1 amide bonds. The van der Waals surface area contributed by atoms with Crippen LogP contribution in [-0.2, 0) is 4.79 Å². The minimum absolute atomic E-state index is 0. The number of hydrogen-bond acceptors (Lipinski definition) is 2. The Hall–Kier alpha value is -1.38. The summed E-state index contributed by atoms with van der Waals surface area (Å²) in [5.41, 5.74) is 1.86. The van der Waals surface area contributed by atoms with Gasteiger partial charge < -0.3 is 5.32 Å². The van der Waals surface area contributed by atoms with E-state index in [1.54, 1.807) is 0 Å². The topological polar surface area (TPSA) is 41.5 Å². The van der Waals surface area contributed by atoms with Crippen molar-refractivity contribution in [1.29, 1.82) is 0 Å². The van der Waals surface area contributed by atoms with E-state index in [0.717, 1.165) is 11.1 Å². The van der Waals surface area contributed by atoms with Gasteiger partial charge in [-0.15, -0.1) is 0 Å². The summed E-state index contributed by atoms with van der Waals surface area (Å²) in [7, 11) is 0. The molecule has 1 rings (SSSR count). The number of amides is 1. The van der Waals surface area contributed by atoms with Crippen molar-refractivity contribution < 1.29 is 6.22 Å². The molecule has 0 unspecified atom stereocenters. The standard InChI is InChI=1S/C10H14N2O.H2/c1-6(2)7(3)8-5-9(13)12-10(8)11-4;/h6H,3-5H2,1-2H3,(H,12,13);1H. The van der Waals surface area contributed by atoms with Crippen molar-refractivity contribution in [3.8, 4) is 0 Å². The monoisotopic (exact) mass is 180 g/mol. The molecule has 3 heteroatoms. The Kier molecular flexibility index (Phi) is 2.66. The first-order valence-electron chi connectivity index (χ1n) is 4.25. The molecule has 0 radical (unpaired) electrons. The van der Waals surface area contributed by atoms with Crippen molar-refractivity contribution in [2.24, 2.45) is 10.9 Å². The van der Waals surface area contributed by atoms with E-state index in [2.05, 4.69) is 23.6 Å². The van der Waals surface area contributed by atoms with Gasteiger partial charge in [0, 0.05) is 7.00 Å². The second-order valence-corrected chi connectivity index (χ2v) is 3.39. The van der Waals surface area contributed by atoms with Gasteiger partial charge in [0.25, 0.3) is 0 Å². The van der Waals surface area contributed by atoms with Gasteiger partial charge in [0.1, 0.15) is 5.82 Å². The Morgan fingerprint density at radius 3 is 2.77 bits per heavy atom. The van der Waals surface area contributed by atoms with Crippen LogP contribution in [0.5, 0.6) is 0 Å². The van der Waals surface area contributed by atoms with E-state index in [1.807, 2.05) is 13.8 Å². The summed E-state index contributed by atoms with van der Waals surface area (Å²) in [5.74, 6) is 0.877. The SMILES string of the molecule is C=NC1=C(C(=C)C(C)C)CC(=O)N1.[HH]. The highest BCUT2D eigenvalue weighted by Gasteiger charge is 2.23. The van der Waals surface area contributed by atoms with Crippen molar-refractivity contribution in [2.75, 3.05) is 0 Å². The molecule has 0 saturated carbocycles. The first-order chi connectivity index (χ1) is 6.06. The third-order valence-corrected chi connectivity index (χ3v) is 2.12. The minimum Gasteiger partial charge on any atom is -0.310 e. The van der Waals surface area contributed by atoms with Crippen LogP contribution in [0.1, 0.15) is 21.7 Å². The lowest BCUT2D eigenvalue weighted by Crippen LogP contribution is -2.13. The van der Waals surface area contributed by atoms with Crippen molar-refractivity contribution in [1.82, 2.24) is 5.32 Å². The van der Waals surface area contributed by atoms with Gasteiger partial charge in [-0.05, 0) is 18.2 Å². The second kappa shape index (κ2) is 3.56. The summed E-state index contributed by atoms with van der Waals surface area (Å²) in [4.78, 5) is 14.8. The van der Waals surface area contributed by atoms with Crippen LogP contribution in [0, 0.1) is 5.92 Å². The molecule has 0 fully saturated rings. The molecule has 0 aliphatic carbocycles. The molecule has 3 nitrogen and oxygen atoms in total. The molecule has 0 aromatic carbocycles. The first-order valence-corrected chi connectivity index (χ1v) is 4.25. The summed E-state index contributed by atoms with van der Waals surface area (Å²) >= 11 is 0. The molecule has 0 atom stereocenters. The molecule has 1 heterocycles. The Balaban J connectivity index is 0.00000169. The smallest absolute Gasteiger partial charge is 0.230 e. The Labute approximate surface area is 79.7 Å². The van der Waals surface area contributed by atoms with Gasteiger partial charge in [0.15, 0.2) is 0 Å². The van der Waals surface area contributed by atoms with Crippen molar-refractivity contribution in [3.05, 3.63) is 23.5 Å². The van der Waals surface area contributed by atoms with Gasteiger partial charge in [0.05, 0.1) is 6.42 Å². The van der Waals surface area contributed by atoms with E-state index in [9.17, 15) is 4.79 Å². The number of aliphatic imine (C=N–C) groups is 1. The number of rotatable bonds is 3. The quantitative estimate of drug-likeness (QED) is 0.662. The summed E-state index contributed by atoms with van der Waals surface area (Å²) < 4.78 is 0. The fraction of sp³-hybridized carbons (Fsp3) is 0.400. The molecule has 0 spiro atoms. The molecular formula is C10H16N2O. The number of carbonyl (C=O) groups is 1. The molecule has 72 valence electrons. The van der Waals surface area contributed by atoms with Crippen molar-refractivity contribution >= 4 is 12.6 Å². The minimum atomic E-state index is -0.0285. The lowest BCUT2D eigenvalue weighted by Gasteiger charge is -2.09. The van der Waals surface area contributed by atoms with Crippen LogP contribution in [-0.4, -0.2) is 12.6 Å². The van der Waals surface area contributed by atoms with E-state index in [1.165, 1.54) is 0 Å². The lowest BCUT2D eigenvalue weighted by molar-refractivity contribution is -0.118. The number of nitrogens with zero attached hydrogens (tertiary/aromatic N) is 1. The Morgan fingerprint density at radius 1 is 1.69 bits per heavy atom. The summed E-state index contributed by atoms with van der Waals surface area (Å²) in [6.07, 6.45) is 0.380. The molecule has 0 saturated heterocycles. The van der Waals surface area contributed by atoms with E-state index in [-0.39, 0.29) is 7.33 Å². The number of hydrogen-bond donors (Lipinski definition) is 1. The highest BCUT2D eigenvalue weighted by molar-refractivity contribution is 5.85. The third-order valence-electron chi connectivity index (χ3n) is 2.12. The number of allylic oxidation sites excluding steroid dienone is 1. The highest BCUT2D eigenvalue weighted by Crippen LogP contribution is 2.26. The molecule has 0 aromatic heterocycles. The third kappa shape index (κ3) is 1.86. The first kappa shape index (κ1) is 9.71. The maximum Gasteiger partial charge on any atom is 0.230 e. The van der Waals surface area contributed by atoms with Gasteiger partial charge >= 0.3 is 0 Å². The molecule has 1 N–H and O–H groups in total. The average Bonchev–Trinajstić information content (AvgIpc) is 2.45. The van der Waals surface area contributed by atoms with E-state index >= 15 is 0 Å². The van der Waals surface area contributed by atoms with Gasteiger partial charge in [-0.1, -0.05) is 20.4 Å². The summed E-state index contributed by atoms with van der Waals surface area (Å²) in [5, 5.41) is 2.64. The van der Waals surface area contributed by atoms with Gasteiger partial charge in [0.2, 0.25) is 5.91 Å². The lowest BCUT2D eigenvalue weighted by atomic mass is 9.96. The largest absolute Gasteiger partial charge is 0.310 e. The van der Waals surface area contributed by atoms with Gasteiger partial charge in [-0.25, -0.2) is 4.99 Å². The zero-order valence-electron chi connectivity index (χ0n) is 8.05. The van der Waals surface area contributed by atoms with Crippen LogP contribution in [0.3, 0.4) is 0 Å². The highest BCUT2D eigenvalue weighted by atomic mass is 16.1. The molecular weight excluding hydrogens is 164 g/mol. The van der Waals surface area contributed by atoms with E-state index in [0.29, 0.717) is 18.2 Å². The zero-order chi connectivity index (χ0) is 10.0. The van der Waals surface area contributed by atoms with Crippen molar-refractivity contribution in [2.45, 2.75) is 20.3 Å². The van der Waals surface area contributed by atoms with E-state index < -0.39 is 0 Å². The van der Waals surface area contributed by atoms with Gasteiger partial charge in [-0.3, -0.25) is 4.79 Å². The normalized spacial score (nSPS) is 16.4. The van der Waals surface area contributed by atoms with Crippen LogP contribution >= 0.6 is 0 Å². The molecule has 1 aliphatic heterocycles. The predicted octanol–water partition coefficient (Wildman–Crippen LogP) is 1.88. The van der Waals surface area contributed by atoms with Gasteiger partial charge in [-0.2, -0.15) is 0 Å². The summed E-state index contributed by atoms with van der Waals surface area (Å²) in [6, 6.07) is 0. The molecule has 13 heavy (non-hydrogen) atoms. The van der Waals surface area contributed by atoms with Crippen LogP contribution in [0.2, 0.25) is 0 Å². The second-order valence-electron chi connectivity index (χ2n) is 3.39. The predicted molar refractivity (Wildman–Crippen MR) is 55.4 cm³/mol.